The van der Waals surface area contributed by atoms with Crippen molar-refractivity contribution in [3.05, 3.63) is 78.6 Å². The number of allylic oxidation sites excluding steroid dienone is 1. The molecule has 1 saturated heterocycles. The highest BCUT2D eigenvalue weighted by Gasteiger charge is 2.24. The smallest absolute Gasteiger partial charge is 0.265 e. The van der Waals surface area contributed by atoms with Gasteiger partial charge in [0.25, 0.3) is 5.91 Å². The molecule has 196 valence electrons. The number of carbonyl (C=O) groups excluding carboxylic acids is 1. The third-order valence-electron chi connectivity index (χ3n) is 5.92. The molecule has 0 radical (unpaired) electrons. The number of aromatic nitrogens is 2. The van der Waals surface area contributed by atoms with Crippen LogP contribution in [0.1, 0.15) is 12.6 Å². The van der Waals surface area contributed by atoms with Gasteiger partial charge in [-0.05, 0) is 49.4 Å². The van der Waals surface area contributed by atoms with Gasteiger partial charge in [0.05, 0.1) is 41.9 Å². The zero-order valence-electron chi connectivity index (χ0n) is 21.3. The standard InChI is InChI=1S/C28H29N5O4S/c1-3-6-27(34)33(32-13-15-36-16-14-32)22-9-10-23-26(18-22)38-28(31-23)30-20-8-11-24(25(17-20)35-2)37-19-21-7-4-5-12-29-21/h3-12,17-18H,13-16,19H2,1-2H3,(H,30,31)/b6-3+. The molecule has 1 fully saturated rings. The van der Waals surface area contributed by atoms with E-state index < -0.39 is 0 Å². The number of benzene rings is 2. The number of amides is 1. The second-order valence-electron chi connectivity index (χ2n) is 8.49. The summed E-state index contributed by atoms with van der Waals surface area (Å²) in [5.41, 5.74) is 3.31. The largest absolute Gasteiger partial charge is 0.493 e. The average Bonchev–Trinajstić information content (AvgIpc) is 3.35. The SMILES string of the molecule is C/C=C/C(=O)N(c1ccc2nc(Nc3ccc(OCc4ccccn4)c(OC)c3)sc2c1)N1CCOCC1. The number of thiazole rings is 1. The number of rotatable bonds is 9. The Morgan fingerprint density at radius 1 is 1.16 bits per heavy atom. The monoisotopic (exact) mass is 531 g/mol. The Morgan fingerprint density at radius 2 is 2.03 bits per heavy atom. The second kappa shape index (κ2) is 12.0. The Balaban J connectivity index is 1.34. The van der Waals surface area contributed by atoms with Gasteiger partial charge < -0.3 is 19.5 Å². The quantitative estimate of drug-likeness (QED) is 0.296. The molecule has 0 aliphatic carbocycles. The molecule has 3 heterocycles. The van der Waals surface area contributed by atoms with Gasteiger partial charge in [-0.3, -0.25) is 9.78 Å². The van der Waals surface area contributed by atoms with E-state index >= 15 is 0 Å². The normalized spacial score (nSPS) is 14.1. The number of methoxy groups -OCH3 is 1. The summed E-state index contributed by atoms with van der Waals surface area (Å²) in [4.78, 5) is 22.0. The Hall–Kier alpha value is -3.99. The molecule has 1 aliphatic rings. The van der Waals surface area contributed by atoms with Gasteiger partial charge in [0.2, 0.25) is 0 Å². The van der Waals surface area contributed by atoms with Gasteiger partial charge in [-0.2, -0.15) is 0 Å². The first kappa shape index (κ1) is 25.7. The van der Waals surface area contributed by atoms with E-state index in [9.17, 15) is 4.79 Å². The first-order chi connectivity index (χ1) is 18.6. The molecule has 5 rings (SSSR count). The van der Waals surface area contributed by atoms with Gasteiger partial charge in [-0.15, -0.1) is 0 Å². The molecule has 2 aromatic heterocycles. The zero-order chi connectivity index (χ0) is 26.3. The van der Waals surface area contributed by atoms with Crippen molar-refractivity contribution in [2.75, 3.05) is 43.7 Å². The van der Waals surface area contributed by atoms with Crippen molar-refractivity contribution in [3.8, 4) is 11.5 Å². The predicted molar refractivity (Wildman–Crippen MR) is 149 cm³/mol. The van der Waals surface area contributed by atoms with E-state index in [0.717, 1.165) is 32.4 Å². The van der Waals surface area contributed by atoms with Gasteiger partial charge in [0.15, 0.2) is 16.6 Å². The van der Waals surface area contributed by atoms with Gasteiger partial charge >= 0.3 is 0 Å². The van der Waals surface area contributed by atoms with Crippen molar-refractivity contribution in [2.45, 2.75) is 13.5 Å². The fourth-order valence-electron chi connectivity index (χ4n) is 4.12. The van der Waals surface area contributed by atoms with Crippen LogP contribution in [0.5, 0.6) is 11.5 Å². The molecule has 0 spiro atoms. The van der Waals surface area contributed by atoms with Crippen molar-refractivity contribution in [1.29, 1.82) is 0 Å². The second-order valence-corrected chi connectivity index (χ2v) is 9.52. The molecule has 1 aliphatic heterocycles. The number of morpholine rings is 1. The van der Waals surface area contributed by atoms with Crippen molar-refractivity contribution >= 4 is 44.0 Å². The lowest BCUT2D eigenvalue weighted by Crippen LogP contribution is -2.51. The van der Waals surface area contributed by atoms with Crippen molar-refractivity contribution in [2.24, 2.45) is 0 Å². The van der Waals surface area contributed by atoms with Crippen LogP contribution in [0.25, 0.3) is 10.2 Å². The van der Waals surface area contributed by atoms with Crippen molar-refractivity contribution in [3.63, 3.8) is 0 Å². The lowest BCUT2D eigenvalue weighted by molar-refractivity contribution is -0.118. The van der Waals surface area contributed by atoms with E-state index in [0.29, 0.717) is 44.4 Å². The summed E-state index contributed by atoms with van der Waals surface area (Å²) in [5.74, 6) is 1.15. The number of hydrogen-bond acceptors (Lipinski definition) is 9. The van der Waals surface area contributed by atoms with Crippen LogP contribution in [0.2, 0.25) is 0 Å². The van der Waals surface area contributed by atoms with Gasteiger partial charge in [-0.25, -0.2) is 15.0 Å². The molecule has 0 unspecified atom stereocenters. The van der Waals surface area contributed by atoms with Crippen molar-refractivity contribution in [1.82, 2.24) is 15.0 Å². The van der Waals surface area contributed by atoms with Crippen LogP contribution < -0.4 is 19.8 Å². The Kier molecular flexibility index (Phi) is 8.12. The number of hydrazine groups is 1. The number of fused-ring (bicyclic) bond motifs is 1. The van der Waals surface area contributed by atoms with Crippen LogP contribution in [0.3, 0.4) is 0 Å². The minimum absolute atomic E-state index is 0.0888. The topological polar surface area (TPSA) is 89.1 Å². The van der Waals surface area contributed by atoms with Crippen LogP contribution in [0.4, 0.5) is 16.5 Å². The summed E-state index contributed by atoms with van der Waals surface area (Å²) in [7, 11) is 1.61. The molecule has 1 N–H and O–H groups in total. The molecule has 2 aromatic carbocycles. The molecule has 9 nitrogen and oxygen atoms in total. The van der Waals surface area contributed by atoms with Crippen molar-refractivity contribution < 1.29 is 19.0 Å². The van der Waals surface area contributed by atoms with Crippen LogP contribution in [-0.2, 0) is 16.1 Å². The Morgan fingerprint density at radius 3 is 2.79 bits per heavy atom. The summed E-state index contributed by atoms with van der Waals surface area (Å²) in [5, 5.41) is 7.85. The van der Waals surface area contributed by atoms with E-state index in [1.54, 1.807) is 30.5 Å². The Bertz CT molecular complexity index is 1420. The van der Waals surface area contributed by atoms with E-state index in [1.165, 1.54) is 11.3 Å². The number of nitrogens with zero attached hydrogens (tertiary/aromatic N) is 4. The zero-order valence-corrected chi connectivity index (χ0v) is 22.1. The molecular formula is C28H29N5O4S. The number of hydrogen-bond donors (Lipinski definition) is 1. The van der Waals surface area contributed by atoms with E-state index in [2.05, 4.69) is 10.3 Å². The fourth-order valence-corrected chi connectivity index (χ4v) is 5.04. The molecule has 1 amide bonds. The molecular weight excluding hydrogens is 502 g/mol. The number of nitrogens with one attached hydrogen (secondary N) is 1. The van der Waals surface area contributed by atoms with Gasteiger partial charge in [-0.1, -0.05) is 23.5 Å². The fraction of sp³-hybridized carbons (Fsp3) is 0.250. The molecule has 38 heavy (non-hydrogen) atoms. The molecule has 10 heteroatoms. The summed E-state index contributed by atoms with van der Waals surface area (Å²) >= 11 is 1.52. The van der Waals surface area contributed by atoms with Gasteiger partial charge in [0.1, 0.15) is 6.61 Å². The first-order valence-electron chi connectivity index (χ1n) is 12.3. The van der Waals surface area contributed by atoms with Crippen LogP contribution in [0, 0.1) is 0 Å². The maximum absolute atomic E-state index is 12.9. The van der Waals surface area contributed by atoms with E-state index in [4.69, 9.17) is 19.2 Å². The third-order valence-corrected chi connectivity index (χ3v) is 6.86. The lowest BCUT2D eigenvalue weighted by Gasteiger charge is -2.36. The highest BCUT2D eigenvalue weighted by molar-refractivity contribution is 7.22. The number of ether oxygens (including phenoxy) is 3. The highest BCUT2D eigenvalue weighted by Crippen LogP contribution is 2.35. The first-order valence-corrected chi connectivity index (χ1v) is 13.1. The number of anilines is 3. The number of carbonyl (C=O) groups is 1. The molecule has 0 atom stereocenters. The predicted octanol–water partition coefficient (Wildman–Crippen LogP) is 5.18. The molecule has 4 aromatic rings. The van der Waals surface area contributed by atoms with Crippen LogP contribution in [0.15, 0.2) is 72.9 Å². The average molecular weight is 532 g/mol. The summed E-state index contributed by atoms with van der Waals surface area (Å²) in [6, 6.07) is 17.3. The highest BCUT2D eigenvalue weighted by atomic mass is 32.1. The van der Waals surface area contributed by atoms with Crippen LogP contribution in [-0.4, -0.2) is 54.3 Å². The summed E-state index contributed by atoms with van der Waals surface area (Å²) in [6.07, 6.45) is 5.08. The molecule has 0 saturated carbocycles. The third kappa shape index (κ3) is 5.94. The van der Waals surface area contributed by atoms with Crippen LogP contribution >= 0.6 is 11.3 Å². The van der Waals surface area contributed by atoms with E-state index in [1.807, 2.05) is 66.5 Å². The minimum atomic E-state index is -0.0888. The maximum atomic E-state index is 12.9. The minimum Gasteiger partial charge on any atom is -0.493 e. The maximum Gasteiger partial charge on any atom is 0.265 e. The summed E-state index contributed by atoms with van der Waals surface area (Å²) < 4.78 is 17.9. The molecule has 0 bridgehead atoms. The Labute approximate surface area is 225 Å². The number of pyridine rings is 1. The van der Waals surface area contributed by atoms with Gasteiger partial charge in [0, 0.05) is 37.1 Å². The van der Waals surface area contributed by atoms with E-state index in [-0.39, 0.29) is 5.91 Å². The summed E-state index contributed by atoms with van der Waals surface area (Å²) in [6.45, 7) is 4.68. The lowest BCUT2D eigenvalue weighted by atomic mass is 10.2.